The first-order chi connectivity index (χ1) is 12.1. The third-order valence-electron chi connectivity index (χ3n) is 4.93. The van der Waals surface area contributed by atoms with Crippen molar-refractivity contribution >= 4 is 11.8 Å². The van der Waals surface area contributed by atoms with Gasteiger partial charge in [-0.2, -0.15) is 0 Å². The van der Waals surface area contributed by atoms with Crippen LogP contribution in [0.15, 0.2) is 30.3 Å². The van der Waals surface area contributed by atoms with Crippen molar-refractivity contribution in [1.82, 2.24) is 15.1 Å². The number of piperazine rings is 1. The highest BCUT2D eigenvalue weighted by molar-refractivity contribution is 5.81. The Labute approximate surface area is 149 Å². The zero-order chi connectivity index (χ0) is 17.6. The maximum atomic E-state index is 12.3. The largest absolute Gasteiger partial charge is 0.368 e. The average molecular weight is 345 g/mol. The van der Waals surface area contributed by atoms with Gasteiger partial charge in [0.2, 0.25) is 5.91 Å². The molecule has 0 unspecified atom stereocenters. The second-order valence-corrected chi connectivity index (χ2v) is 6.80. The SMILES string of the molecule is C[C@H](NC(=O)CN1CCN(C(=O)[C@@H]2CCCO2)CC1)c1ccccc1. The Morgan fingerprint density at radius 2 is 1.92 bits per heavy atom. The molecule has 1 aromatic rings. The summed E-state index contributed by atoms with van der Waals surface area (Å²) in [6, 6.07) is 9.94. The molecule has 0 bridgehead atoms. The number of amides is 2. The minimum atomic E-state index is -0.249. The predicted molar refractivity (Wildman–Crippen MR) is 95.0 cm³/mol. The van der Waals surface area contributed by atoms with Gasteiger partial charge in [-0.05, 0) is 25.3 Å². The third kappa shape index (κ3) is 4.80. The molecule has 0 radical (unpaired) electrons. The Morgan fingerprint density at radius 3 is 2.56 bits per heavy atom. The first-order valence-corrected chi connectivity index (χ1v) is 9.10. The van der Waals surface area contributed by atoms with Crippen LogP contribution in [0.25, 0.3) is 0 Å². The Morgan fingerprint density at radius 1 is 1.20 bits per heavy atom. The van der Waals surface area contributed by atoms with Gasteiger partial charge in [-0.15, -0.1) is 0 Å². The molecule has 2 saturated heterocycles. The summed E-state index contributed by atoms with van der Waals surface area (Å²) in [6.45, 7) is 5.85. The van der Waals surface area contributed by atoms with Crippen LogP contribution < -0.4 is 5.32 Å². The van der Waals surface area contributed by atoms with Gasteiger partial charge in [-0.3, -0.25) is 14.5 Å². The average Bonchev–Trinajstić information content (AvgIpc) is 3.17. The van der Waals surface area contributed by atoms with E-state index < -0.39 is 0 Å². The molecule has 2 aliphatic rings. The van der Waals surface area contributed by atoms with E-state index in [0.717, 1.165) is 31.5 Å². The highest BCUT2D eigenvalue weighted by atomic mass is 16.5. The molecule has 0 aromatic heterocycles. The molecule has 25 heavy (non-hydrogen) atoms. The van der Waals surface area contributed by atoms with Gasteiger partial charge in [-0.1, -0.05) is 30.3 Å². The van der Waals surface area contributed by atoms with Gasteiger partial charge >= 0.3 is 0 Å². The summed E-state index contributed by atoms with van der Waals surface area (Å²) in [5.41, 5.74) is 1.10. The van der Waals surface area contributed by atoms with Gasteiger partial charge in [0.1, 0.15) is 6.10 Å². The maximum Gasteiger partial charge on any atom is 0.251 e. The second kappa shape index (κ2) is 8.45. The highest BCUT2D eigenvalue weighted by Crippen LogP contribution is 2.16. The van der Waals surface area contributed by atoms with E-state index in [2.05, 4.69) is 10.2 Å². The van der Waals surface area contributed by atoms with Gasteiger partial charge in [0, 0.05) is 32.8 Å². The Bertz CT molecular complexity index is 579. The number of hydrogen-bond acceptors (Lipinski definition) is 4. The molecule has 136 valence electrons. The first-order valence-electron chi connectivity index (χ1n) is 9.10. The van der Waals surface area contributed by atoms with E-state index in [0.29, 0.717) is 26.2 Å². The van der Waals surface area contributed by atoms with Gasteiger partial charge in [-0.25, -0.2) is 0 Å². The monoisotopic (exact) mass is 345 g/mol. The van der Waals surface area contributed by atoms with Crippen LogP contribution in [-0.2, 0) is 14.3 Å². The molecule has 2 fully saturated rings. The number of ether oxygens (including phenoxy) is 1. The summed E-state index contributed by atoms with van der Waals surface area (Å²) in [5.74, 6) is 0.134. The fraction of sp³-hybridized carbons (Fsp3) is 0.579. The van der Waals surface area contributed by atoms with Crippen molar-refractivity contribution in [2.75, 3.05) is 39.3 Å². The minimum absolute atomic E-state index is 0.00363. The van der Waals surface area contributed by atoms with Gasteiger partial charge in [0.05, 0.1) is 12.6 Å². The number of hydrogen-bond donors (Lipinski definition) is 1. The quantitative estimate of drug-likeness (QED) is 0.871. The van der Waals surface area contributed by atoms with Crippen molar-refractivity contribution in [3.8, 4) is 0 Å². The first kappa shape index (κ1) is 17.9. The van der Waals surface area contributed by atoms with Crippen molar-refractivity contribution in [1.29, 1.82) is 0 Å². The van der Waals surface area contributed by atoms with Crippen molar-refractivity contribution in [3.63, 3.8) is 0 Å². The Balaban J connectivity index is 1.41. The molecule has 2 atom stereocenters. The molecule has 0 saturated carbocycles. The Hall–Kier alpha value is -1.92. The van der Waals surface area contributed by atoms with Gasteiger partial charge in [0.15, 0.2) is 0 Å². The summed E-state index contributed by atoms with van der Waals surface area (Å²) < 4.78 is 5.48. The minimum Gasteiger partial charge on any atom is -0.368 e. The van der Waals surface area contributed by atoms with Crippen molar-refractivity contribution < 1.29 is 14.3 Å². The maximum absolute atomic E-state index is 12.3. The lowest BCUT2D eigenvalue weighted by Crippen LogP contribution is -2.53. The highest BCUT2D eigenvalue weighted by Gasteiger charge is 2.30. The summed E-state index contributed by atoms with van der Waals surface area (Å²) in [4.78, 5) is 28.6. The van der Waals surface area contributed by atoms with Crippen LogP contribution in [0.1, 0.15) is 31.4 Å². The zero-order valence-corrected chi connectivity index (χ0v) is 14.8. The molecule has 2 amide bonds. The summed E-state index contributed by atoms with van der Waals surface area (Å²) in [5, 5.41) is 3.04. The van der Waals surface area contributed by atoms with Crippen LogP contribution in [0.4, 0.5) is 0 Å². The van der Waals surface area contributed by atoms with Crippen LogP contribution in [0, 0.1) is 0 Å². The molecule has 1 N–H and O–H groups in total. The predicted octanol–water partition coefficient (Wildman–Crippen LogP) is 1.19. The van der Waals surface area contributed by atoms with E-state index in [1.807, 2.05) is 42.2 Å². The Kier molecular flexibility index (Phi) is 6.04. The topological polar surface area (TPSA) is 61.9 Å². The van der Waals surface area contributed by atoms with E-state index in [4.69, 9.17) is 4.74 Å². The van der Waals surface area contributed by atoms with Crippen molar-refractivity contribution in [3.05, 3.63) is 35.9 Å². The molecule has 2 aliphatic heterocycles. The van der Waals surface area contributed by atoms with Crippen molar-refractivity contribution in [2.24, 2.45) is 0 Å². The number of benzene rings is 1. The summed E-state index contributed by atoms with van der Waals surface area (Å²) in [7, 11) is 0. The molecule has 0 aliphatic carbocycles. The second-order valence-electron chi connectivity index (χ2n) is 6.80. The van der Waals surface area contributed by atoms with E-state index in [1.165, 1.54) is 0 Å². The van der Waals surface area contributed by atoms with Crippen LogP contribution in [0.3, 0.4) is 0 Å². The molecule has 2 heterocycles. The van der Waals surface area contributed by atoms with Crippen LogP contribution in [0.2, 0.25) is 0 Å². The number of rotatable bonds is 5. The molecule has 0 spiro atoms. The van der Waals surface area contributed by atoms with E-state index in [-0.39, 0.29) is 24.0 Å². The van der Waals surface area contributed by atoms with Gasteiger partial charge in [0.25, 0.3) is 5.91 Å². The molecular formula is C19H27N3O3. The van der Waals surface area contributed by atoms with E-state index in [1.54, 1.807) is 0 Å². The smallest absolute Gasteiger partial charge is 0.251 e. The van der Waals surface area contributed by atoms with Crippen molar-refractivity contribution in [2.45, 2.75) is 31.9 Å². The molecule has 3 rings (SSSR count). The molecular weight excluding hydrogens is 318 g/mol. The lowest BCUT2D eigenvalue weighted by molar-refractivity contribution is -0.142. The summed E-state index contributed by atoms with van der Waals surface area (Å²) >= 11 is 0. The van der Waals surface area contributed by atoms with Crippen LogP contribution >= 0.6 is 0 Å². The van der Waals surface area contributed by atoms with Crippen LogP contribution in [0.5, 0.6) is 0 Å². The zero-order valence-electron chi connectivity index (χ0n) is 14.8. The number of nitrogens with zero attached hydrogens (tertiary/aromatic N) is 2. The molecule has 1 aromatic carbocycles. The lowest BCUT2D eigenvalue weighted by atomic mass is 10.1. The lowest BCUT2D eigenvalue weighted by Gasteiger charge is -2.35. The third-order valence-corrected chi connectivity index (χ3v) is 4.93. The van der Waals surface area contributed by atoms with Crippen LogP contribution in [-0.4, -0.2) is 67.0 Å². The number of nitrogens with one attached hydrogen (secondary N) is 1. The molecule has 6 heteroatoms. The van der Waals surface area contributed by atoms with E-state index in [9.17, 15) is 9.59 Å². The fourth-order valence-electron chi connectivity index (χ4n) is 3.42. The van der Waals surface area contributed by atoms with Gasteiger partial charge < -0.3 is 15.0 Å². The number of carbonyl (C=O) groups excluding carboxylic acids is 2. The van der Waals surface area contributed by atoms with E-state index >= 15 is 0 Å². The summed E-state index contributed by atoms with van der Waals surface area (Å²) in [6.07, 6.45) is 1.55. The fourth-order valence-corrected chi connectivity index (χ4v) is 3.42. The standard InChI is InChI=1S/C19H27N3O3/c1-15(16-6-3-2-4-7-16)20-18(23)14-21-9-11-22(12-10-21)19(24)17-8-5-13-25-17/h2-4,6-7,15,17H,5,8-14H2,1H3,(H,20,23)/t15-,17-/m0/s1. The normalized spacial score (nSPS) is 22.6. The molecule has 6 nitrogen and oxygen atoms in total. The number of carbonyl (C=O) groups is 2.